The van der Waals surface area contributed by atoms with Crippen LogP contribution in [0.2, 0.25) is 0 Å². The van der Waals surface area contributed by atoms with Gasteiger partial charge in [-0.3, -0.25) is 4.79 Å². The molecule has 0 saturated carbocycles. The van der Waals surface area contributed by atoms with Crippen molar-refractivity contribution in [2.75, 3.05) is 5.32 Å². The Labute approximate surface area is 100 Å². The number of aryl methyl sites for hydroxylation is 1. The molecule has 1 heterocycles. The van der Waals surface area contributed by atoms with E-state index in [1.54, 1.807) is 32.9 Å². The molecule has 1 rings (SSSR count). The SMILES string of the molecule is Cc1cc(C#N)cc(NC(C)C(C)C(=O)O)n1. The summed E-state index contributed by atoms with van der Waals surface area (Å²) in [6, 6.07) is 5.07. The highest BCUT2D eigenvalue weighted by Crippen LogP contribution is 2.13. The quantitative estimate of drug-likeness (QED) is 0.827. The molecule has 1 aromatic rings. The Morgan fingerprint density at radius 2 is 2.18 bits per heavy atom. The Bertz CT molecular complexity index is 465. The second-order valence-corrected chi connectivity index (χ2v) is 4.05. The predicted octanol–water partition coefficient (Wildman–Crippen LogP) is 1.78. The topological polar surface area (TPSA) is 86.0 Å². The first-order chi connectivity index (χ1) is 7.93. The van der Waals surface area contributed by atoms with Gasteiger partial charge in [0.2, 0.25) is 0 Å². The summed E-state index contributed by atoms with van der Waals surface area (Å²) in [6.07, 6.45) is 0. The molecule has 0 amide bonds. The predicted molar refractivity (Wildman–Crippen MR) is 63.6 cm³/mol. The van der Waals surface area contributed by atoms with Crippen LogP contribution in [0, 0.1) is 24.2 Å². The summed E-state index contributed by atoms with van der Waals surface area (Å²) in [5.74, 6) is -0.858. The Morgan fingerprint density at radius 1 is 1.53 bits per heavy atom. The highest BCUT2D eigenvalue weighted by Gasteiger charge is 2.19. The van der Waals surface area contributed by atoms with Gasteiger partial charge in [0.05, 0.1) is 17.6 Å². The van der Waals surface area contributed by atoms with E-state index in [4.69, 9.17) is 10.4 Å². The van der Waals surface area contributed by atoms with E-state index in [0.29, 0.717) is 11.4 Å². The lowest BCUT2D eigenvalue weighted by molar-refractivity contribution is -0.141. The highest BCUT2D eigenvalue weighted by molar-refractivity contribution is 5.71. The summed E-state index contributed by atoms with van der Waals surface area (Å²) in [6.45, 7) is 5.19. The molecule has 0 fully saturated rings. The van der Waals surface area contributed by atoms with Crippen LogP contribution in [-0.4, -0.2) is 22.1 Å². The fraction of sp³-hybridized carbons (Fsp3) is 0.417. The normalized spacial score (nSPS) is 13.5. The van der Waals surface area contributed by atoms with E-state index < -0.39 is 11.9 Å². The number of hydrogen-bond acceptors (Lipinski definition) is 4. The number of pyridine rings is 1. The van der Waals surface area contributed by atoms with E-state index in [1.165, 1.54) is 0 Å². The third-order valence-electron chi connectivity index (χ3n) is 2.60. The number of aromatic nitrogens is 1. The molecule has 0 aliphatic carbocycles. The molecule has 5 heteroatoms. The summed E-state index contributed by atoms with van der Waals surface area (Å²) >= 11 is 0. The molecule has 0 aliphatic heterocycles. The van der Waals surface area contributed by atoms with Crippen LogP contribution in [0.3, 0.4) is 0 Å². The van der Waals surface area contributed by atoms with Crippen molar-refractivity contribution >= 4 is 11.8 Å². The molecule has 2 N–H and O–H groups in total. The van der Waals surface area contributed by atoms with Crippen LogP contribution in [-0.2, 0) is 4.79 Å². The van der Waals surface area contributed by atoms with Crippen LogP contribution < -0.4 is 5.32 Å². The lowest BCUT2D eigenvalue weighted by atomic mass is 10.0. The van der Waals surface area contributed by atoms with Crippen molar-refractivity contribution in [3.05, 3.63) is 23.4 Å². The molecule has 0 aromatic carbocycles. The fourth-order valence-electron chi connectivity index (χ4n) is 1.38. The number of anilines is 1. The van der Waals surface area contributed by atoms with Crippen LogP contribution in [0.4, 0.5) is 5.82 Å². The number of nitrogens with zero attached hydrogens (tertiary/aromatic N) is 2. The Morgan fingerprint density at radius 3 is 2.71 bits per heavy atom. The van der Waals surface area contributed by atoms with Crippen molar-refractivity contribution in [1.29, 1.82) is 5.26 Å². The maximum absolute atomic E-state index is 10.8. The van der Waals surface area contributed by atoms with Crippen molar-refractivity contribution in [3.63, 3.8) is 0 Å². The molecule has 0 aliphatic rings. The minimum atomic E-state index is -0.863. The van der Waals surface area contributed by atoms with Gasteiger partial charge in [0.15, 0.2) is 0 Å². The molecule has 0 bridgehead atoms. The standard InChI is InChI=1S/C12H15N3O2/c1-7-4-10(6-13)5-11(14-7)15-9(3)8(2)12(16)17/h4-5,8-9H,1-3H3,(H,14,15)(H,16,17). The average Bonchev–Trinajstić information content (AvgIpc) is 2.26. The Balaban J connectivity index is 2.85. The summed E-state index contributed by atoms with van der Waals surface area (Å²) in [5.41, 5.74) is 1.23. The molecular weight excluding hydrogens is 218 g/mol. The van der Waals surface area contributed by atoms with Gasteiger partial charge < -0.3 is 10.4 Å². The van der Waals surface area contributed by atoms with Crippen molar-refractivity contribution in [3.8, 4) is 6.07 Å². The summed E-state index contributed by atoms with van der Waals surface area (Å²) in [5, 5.41) is 20.7. The molecule has 0 radical (unpaired) electrons. The molecule has 0 saturated heterocycles. The van der Waals surface area contributed by atoms with Gasteiger partial charge >= 0.3 is 5.97 Å². The van der Waals surface area contributed by atoms with Crippen molar-refractivity contribution < 1.29 is 9.90 Å². The first-order valence-electron chi connectivity index (χ1n) is 5.32. The van der Waals surface area contributed by atoms with Gasteiger partial charge in [-0.05, 0) is 32.9 Å². The highest BCUT2D eigenvalue weighted by atomic mass is 16.4. The number of nitrogens with one attached hydrogen (secondary N) is 1. The van der Waals surface area contributed by atoms with Gasteiger partial charge in [0, 0.05) is 11.7 Å². The minimum Gasteiger partial charge on any atom is -0.481 e. The van der Waals surface area contributed by atoms with Crippen molar-refractivity contribution in [2.45, 2.75) is 26.8 Å². The first-order valence-corrected chi connectivity index (χ1v) is 5.32. The molecule has 2 atom stereocenters. The molecule has 2 unspecified atom stereocenters. The molecule has 17 heavy (non-hydrogen) atoms. The zero-order valence-electron chi connectivity index (χ0n) is 10.1. The minimum absolute atomic E-state index is 0.256. The number of nitriles is 1. The van der Waals surface area contributed by atoms with E-state index in [2.05, 4.69) is 10.3 Å². The van der Waals surface area contributed by atoms with E-state index in [9.17, 15) is 4.79 Å². The molecule has 90 valence electrons. The third-order valence-corrected chi connectivity index (χ3v) is 2.60. The Hall–Kier alpha value is -2.09. The van der Waals surface area contributed by atoms with Gasteiger partial charge in [-0.1, -0.05) is 0 Å². The van der Waals surface area contributed by atoms with Crippen LogP contribution in [0.1, 0.15) is 25.1 Å². The second-order valence-electron chi connectivity index (χ2n) is 4.05. The number of hydrogen-bond donors (Lipinski definition) is 2. The fourth-order valence-corrected chi connectivity index (χ4v) is 1.38. The summed E-state index contributed by atoms with van der Waals surface area (Å²) < 4.78 is 0. The van der Waals surface area contributed by atoms with Gasteiger partial charge in [-0.25, -0.2) is 4.98 Å². The lowest BCUT2D eigenvalue weighted by Crippen LogP contribution is -2.30. The van der Waals surface area contributed by atoms with Crippen molar-refractivity contribution in [2.24, 2.45) is 5.92 Å². The number of carboxylic acid groups (broad SMARTS) is 1. The Kier molecular flexibility index (Phi) is 4.05. The number of aliphatic carboxylic acids is 1. The van der Waals surface area contributed by atoms with Gasteiger partial charge in [-0.15, -0.1) is 0 Å². The summed E-state index contributed by atoms with van der Waals surface area (Å²) in [7, 11) is 0. The van der Waals surface area contributed by atoms with Gasteiger partial charge in [0.25, 0.3) is 0 Å². The number of carboxylic acids is 1. The molecule has 5 nitrogen and oxygen atoms in total. The zero-order chi connectivity index (χ0) is 13.0. The van der Waals surface area contributed by atoms with E-state index >= 15 is 0 Å². The first kappa shape index (κ1) is 13.0. The molecular formula is C12H15N3O2. The van der Waals surface area contributed by atoms with E-state index in [-0.39, 0.29) is 6.04 Å². The average molecular weight is 233 g/mol. The number of carbonyl (C=O) groups is 1. The molecule has 1 aromatic heterocycles. The van der Waals surface area contributed by atoms with E-state index in [1.807, 2.05) is 6.07 Å². The second kappa shape index (κ2) is 5.30. The zero-order valence-corrected chi connectivity index (χ0v) is 10.1. The smallest absolute Gasteiger partial charge is 0.308 e. The van der Waals surface area contributed by atoms with Gasteiger partial charge in [-0.2, -0.15) is 5.26 Å². The maximum atomic E-state index is 10.8. The van der Waals surface area contributed by atoms with E-state index in [0.717, 1.165) is 5.69 Å². The van der Waals surface area contributed by atoms with Crippen LogP contribution >= 0.6 is 0 Å². The van der Waals surface area contributed by atoms with Crippen LogP contribution in [0.5, 0.6) is 0 Å². The van der Waals surface area contributed by atoms with Crippen molar-refractivity contribution in [1.82, 2.24) is 4.98 Å². The van der Waals surface area contributed by atoms with Crippen LogP contribution in [0.25, 0.3) is 0 Å². The van der Waals surface area contributed by atoms with Gasteiger partial charge in [0.1, 0.15) is 5.82 Å². The summed E-state index contributed by atoms with van der Waals surface area (Å²) in [4.78, 5) is 15.0. The molecule has 0 spiro atoms. The number of rotatable bonds is 4. The largest absolute Gasteiger partial charge is 0.481 e. The third kappa shape index (κ3) is 3.45. The maximum Gasteiger partial charge on any atom is 0.308 e. The van der Waals surface area contributed by atoms with Crippen LogP contribution in [0.15, 0.2) is 12.1 Å². The monoisotopic (exact) mass is 233 g/mol. The lowest BCUT2D eigenvalue weighted by Gasteiger charge is -2.18.